The summed E-state index contributed by atoms with van der Waals surface area (Å²) in [6.45, 7) is 1.01. The van der Waals surface area contributed by atoms with Crippen LogP contribution < -0.4 is 0 Å². The van der Waals surface area contributed by atoms with Gasteiger partial charge in [0, 0.05) is 31.4 Å². The maximum atomic E-state index is 13.4. The van der Waals surface area contributed by atoms with Crippen LogP contribution in [0, 0.1) is 5.82 Å². The van der Waals surface area contributed by atoms with Gasteiger partial charge in [0.15, 0.2) is 0 Å². The zero-order valence-electron chi connectivity index (χ0n) is 17.2. The number of methoxy groups -OCH3 is 2. The van der Waals surface area contributed by atoms with Crippen molar-refractivity contribution in [3.63, 3.8) is 0 Å². The average Bonchev–Trinajstić information content (AvgIpc) is 3.33. The van der Waals surface area contributed by atoms with E-state index in [4.69, 9.17) is 9.47 Å². The molecule has 1 aliphatic rings. The molecule has 1 N–H and O–H groups in total. The Kier molecular flexibility index (Phi) is 5.81. The van der Waals surface area contributed by atoms with E-state index in [-0.39, 0.29) is 11.7 Å². The zero-order valence-corrected chi connectivity index (χ0v) is 17.2. The molecular weight excluding hydrogens is 401 g/mol. The molecule has 1 unspecified atom stereocenters. The second kappa shape index (κ2) is 8.69. The molecule has 31 heavy (non-hydrogen) atoms. The van der Waals surface area contributed by atoms with Crippen molar-refractivity contribution in [2.45, 2.75) is 12.5 Å². The topological polar surface area (TPSA) is 84.5 Å². The normalized spacial score (nSPS) is 15.3. The van der Waals surface area contributed by atoms with E-state index in [9.17, 15) is 14.0 Å². The first kappa shape index (κ1) is 20.7. The molecule has 0 saturated heterocycles. The number of halogens is 1. The van der Waals surface area contributed by atoms with E-state index in [2.05, 4.69) is 10.2 Å². The molecule has 0 aliphatic carbocycles. The predicted molar refractivity (Wildman–Crippen MR) is 111 cm³/mol. The third-order valence-corrected chi connectivity index (χ3v) is 5.38. The van der Waals surface area contributed by atoms with Crippen molar-refractivity contribution in [1.82, 2.24) is 15.1 Å². The summed E-state index contributed by atoms with van der Waals surface area (Å²) in [6, 6.07) is 12.6. The summed E-state index contributed by atoms with van der Waals surface area (Å²) in [5, 5.41) is 7.23. The van der Waals surface area contributed by atoms with E-state index in [0.717, 1.165) is 11.1 Å². The highest BCUT2D eigenvalue weighted by Gasteiger charge is 2.41. The lowest BCUT2D eigenvalue weighted by Crippen LogP contribution is -2.31. The molecule has 8 heteroatoms. The van der Waals surface area contributed by atoms with Crippen LogP contribution in [-0.2, 0) is 9.47 Å². The van der Waals surface area contributed by atoms with Crippen LogP contribution in [0.3, 0.4) is 0 Å². The third kappa shape index (κ3) is 3.82. The molecule has 160 valence electrons. The average molecular weight is 423 g/mol. The Hall–Kier alpha value is -3.52. The summed E-state index contributed by atoms with van der Waals surface area (Å²) in [5.74, 6) is -0.931. The molecule has 2 heterocycles. The predicted octanol–water partition coefficient (Wildman–Crippen LogP) is 3.58. The smallest absolute Gasteiger partial charge is 0.337 e. The Bertz CT molecular complexity index is 1090. The number of aromatic nitrogens is 2. The van der Waals surface area contributed by atoms with Gasteiger partial charge in [0.05, 0.1) is 24.4 Å². The van der Waals surface area contributed by atoms with Gasteiger partial charge in [-0.1, -0.05) is 12.1 Å². The molecule has 0 radical (unpaired) electrons. The van der Waals surface area contributed by atoms with Crippen LogP contribution >= 0.6 is 0 Å². The molecule has 3 aromatic rings. The molecule has 1 atom stereocenters. The number of amides is 1. The summed E-state index contributed by atoms with van der Waals surface area (Å²) in [5.41, 5.74) is 3.72. The number of rotatable bonds is 7. The van der Waals surface area contributed by atoms with Gasteiger partial charge in [-0.2, -0.15) is 5.10 Å². The Morgan fingerprint density at radius 1 is 1.13 bits per heavy atom. The van der Waals surface area contributed by atoms with E-state index < -0.39 is 12.0 Å². The highest BCUT2D eigenvalue weighted by molar-refractivity contribution is 6.00. The number of benzene rings is 2. The number of carbonyl (C=O) groups excluding carboxylic acids is 2. The second-order valence-electron chi connectivity index (χ2n) is 7.23. The maximum Gasteiger partial charge on any atom is 0.337 e. The number of aromatic amines is 1. The number of H-pyrrole nitrogens is 1. The van der Waals surface area contributed by atoms with Crippen molar-refractivity contribution in [1.29, 1.82) is 0 Å². The van der Waals surface area contributed by atoms with Crippen molar-refractivity contribution < 1.29 is 23.5 Å². The van der Waals surface area contributed by atoms with Crippen molar-refractivity contribution in [3.05, 3.63) is 76.7 Å². The third-order valence-electron chi connectivity index (χ3n) is 5.38. The molecule has 2 aromatic carbocycles. The van der Waals surface area contributed by atoms with Crippen LogP contribution in [0.1, 0.15) is 44.4 Å². The van der Waals surface area contributed by atoms with Gasteiger partial charge in [0.2, 0.25) is 0 Å². The molecule has 4 rings (SSSR count). The first-order chi connectivity index (χ1) is 15.0. The van der Waals surface area contributed by atoms with Gasteiger partial charge in [-0.3, -0.25) is 9.89 Å². The molecular formula is C23H22FN3O4. The van der Waals surface area contributed by atoms with Gasteiger partial charge >= 0.3 is 5.97 Å². The first-order valence-electron chi connectivity index (χ1n) is 9.87. The van der Waals surface area contributed by atoms with Crippen LogP contribution in [0.5, 0.6) is 0 Å². The largest absolute Gasteiger partial charge is 0.465 e. The van der Waals surface area contributed by atoms with E-state index >= 15 is 0 Å². The Labute approximate surface area is 178 Å². The number of esters is 1. The monoisotopic (exact) mass is 423 g/mol. The Balaban J connectivity index is 1.78. The minimum absolute atomic E-state index is 0.158. The minimum Gasteiger partial charge on any atom is -0.465 e. The van der Waals surface area contributed by atoms with Crippen molar-refractivity contribution in [2.75, 3.05) is 27.4 Å². The second-order valence-corrected chi connectivity index (χ2v) is 7.23. The molecule has 7 nitrogen and oxygen atoms in total. The van der Waals surface area contributed by atoms with Crippen molar-refractivity contribution in [3.8, 4) is 11.3 Å². The van der Waals surface area contributed by atoms with Crippen LogP contribution in [0.4, 0.5) is 4.39 Å². The lowest BCUT2D eigenvalue weighted by atomic mass is 9.95. The van der Waals surface area contributed by atoms with E-state index in [0.29, 0.717) is 42.1 Å². The van der Waals surface area contributed by atoms with Crippen LogP contribution in [0.2, 0.25) is 0 Å². The highest BCUT2D eigenvalue weighted by atomic mass is 19.1. The molecule has 1 amide bonds. The fraction of sp³-hybridized carbons (Fsp3) is 0.261. The molecule has 0 bridgehead atoms. The molecule has 0 fully saturated rings. The van der Waals surface area contributed by atoms with E-state index in [1.807, 2.05) is 12.1 Å². The van der Waals surface area contributed by atoms with Crippen molar-refractivity contribution in [2.24, 2.45) is 0 Å². The summed E-state index contributed by atoms with van der Waals surface area (Å²) in [4.78, 5) is 26.8. The van der Waals surface area contributed by atoms with Crippen LogP contribution in [0.15, 0.2) is 48.5 Å². The maximum absolute atomic E-state index is 13.4. The van der Waals surface area contributed by atoms with Gasteiger partial charge < -0.3 is 14.4 Å². The number of hydrogen-bond acceptors (Lipinski definition) is 5. The number of hydrogen-bond donors (Lipinski definition) is 1. The fourth-order valence-electron chi connectivity index (χ4n) is 3.90. The van der Waals surface area contributed by atoms with E-state index in [1.54, 1.807) is 36.3 Å². The summed E-state index contributed by atoms with van der Waals surface area (Å²) in [6.07, 6.45) is 0.669. The number of ether oxygens (including phenoxy) is 2. The van der Waals surface area contributed by atoms with Gasteiger partial charge in [-0.05, 0) is 48.4 Å². The molecule has 1 aromatic heterocycles. The minimum atomic E-state index is -0.429. The highest BCUT2D eigenvalue weighted by Crippen LogP contribution is 2.42. The van der Waals surface area contributed by atoms with Crippen LogP contribution in [-0.4, -0.2) is 54.3 Å². The van der Waals surface area contributed by atoms with Crippen molar-refractivity contribution >= 4 is 11.9 Å². The lowest BCUT2D eigenvalue weighted by molar-refractivity contribution is 0.0599. The molecule has 1 aliphatic heterocycles. The van der Waals surface area contributed by atoms with Crippen LogP contribution in [0.25, 0.3) is 11.3 Å². The summed E-state index contributed by atoms with van der Waals surface area (Å²) < 4.78 is 23.4. The molecule has 0 saturated carbocycles. The van der Waals surface area contributed by atoms with Gasteiger partial charge in [0.25, 0.3) is 5.91 Å². The number of nitrogens with one attached hydrogen (secondary N) is 1. The standard InChI is InChI=1S/C23H22FN3O4/c1-30-13-3-12-27-21(15-4-6-16(7-5-15)23(29)31-2)18-19(25-26-20(18)22(27)28)14-8-10-17(24)11-9-14/h4-11,21H,3,12-13H2,1-2H3,(H,25,26). The van der Waals surface area contributed by atoms with Gasteiger partial charge in [-0.15, -0.1) is 0 Å². The zero-order chi connectivity index (χ0) is 22.0. The Morgan fingerprint density at radius 3 is 2.48 bits per heavy atom. The SMILES string of the molecule is COCCCN1C(=O)c2[nH]nc(-c3ccc(F)cc3)c2C1c1ccc(C(=O)OC)cc1. The number of carbonyl (C=O) groups is 2. The quantitative estimate of drug-likeness (QED) is 0.464. The number of fused-ring (bicyclic) bond motifs is 1. The van der Waals surface area contributed by atoms with Gasteiger partial charge in [0.1, 0.15) is 11.5 Å². The summed E-state index contributed by atoms with van der Waals surface area (Å²) >= 11 is 0. The first-order valence-corrected chi connectivity index (χ1v) is 9.87. The number of nitrogens with zero attached hydrogens (tertiary/aromatic N) is 2. The Morgan fingerprint density at radius 2 is 1.84 bits per heavy atom. The lowest BCUT2D eigenvalue weighted by Gasteiger charge is -2.26. The van der Waals surface area contributed by atoms with E-state index in [1.165, 1.54) is 19.2 Å². The fourth-order valence-corrected chi connectivity index (χ4v) is 3.90. The molecule has 0 spiro atoms. The van der Waals surface area contributed by atoms with Gasteiger partial charge in [-0.25, -0.2) is 9.18 Å². The summed E-state index contributed by atoms with van der Waals surface area (Å²) in [7, 11) is 2.95.